The zero-order valence-electron chi connectivity index (χ0n) is 18.2. The van der Waals surface area contributed by atoms with Crippen LogP contribution in [0.15, 0.2) is 0 Å². The zero-order chi connectivity index (χ0) is 25.1. The van der Waals surface area contributed by atoms with E-state index in [9.17, 15) is 28.8 Å². The summed E-state index contributed by atoms with van der Waals surface area (Å²) < 4.78 is 0. The number of hydrogen-bond acceptors (Lipinski definition) is 8. The van der Waals surface area contributed by atoms with Crippen LogP contribution in [-0.4, -0.2) is 87.9 Å². The standard InChI is InChI=1S/C19H32N6O8/c20-6-2-1-4-11(16(29)24-12(19(32)33)9-15(27)28)23-17(30)13-5-3-7-25(13)18(31)10(21)8-14(22)26/h10-13H,1-9,20-21H2,(H2,22,26)(H,23,30)(H,24,29)(H,27,28)(H,32,33). The molecule has 1 rings (SSSR count). The van der Waals surface area contributed by atoms with Gasteiger partial charge in [0, 0.05) is 6.54 Å². The fourth-order valence-corrected chi connectivity index (χ4v) is 3.50. The molecule has 4 unspecified atom stereocenters. The Bertz CT molecular complexity index is 761. The van der Waals surface area contributed by atoms with E-state index in [1.807, 2.05) is 0 Å². The molecule has 0 aliphatic carbocycles. The van der Waals surface area contributed by atoms with Crippen LogP contribution in [0.3, 0.4) is 0 Å². The van der Waals surface area contributed by atoms with Gasteiger partial charge >= 0.3 is 11.9 Å². The van der Waals surface area contributed by atoms with E-state index in [0.29, 0.717) is 32.2 Å². The maximum absolute atomic E-state index is 12.9. The molecule has 1 fully saturated rings. The van der Waals surface area contributed by atoms with Gasteiger partial charge in [0.05, 0.1) is 18.9 Å². The number of carbonyl (C=O) groups excluding carboxylic acids is 4. The van der Waals surface area contributed by atoms with Crippen LogP contribution in [0, 0.1) is 0 Å². The summed E-state index contributed by atoms with van der Waals surface area (Å²) in [5, 5.41) is 22.7. The first-order chi connectivity index (χ1) is 15.5. The Labute approximate surface area is 190 Å². The van der Waals surface area contributed by atoms with E-state index in [0.717, 1.165) is 0 Å². The third kappa shape index (κ3) is 9.02. The maximum atomic E-state index is 12.9. The Morgan fingerprint density at radius 1 is 1.00 bits per heavy atom. The number of amides is 4. The number of nitrogens with zero attached hydrogens (tertiary/aromatic N) is 1. The highest BCUT2D eigenvalue weighted by Crippen LogP contribution is 2.19. The molecular formula is C19H32N6O8. The predicted octanol–water partition coefficient (Wildman–Crippen LogP) is -3.16. The highest BCUT2D eigenvalue weighted by molar-refractivity contribution is 5.95. The van der Waals surface area contributed by atoms with Crippen LogP contribution in [0.25, 0.3) is 0 Å². The number of carboxylic acids is 2. The maximum Gasteiger partial charge on any atom is 0.326 e. The molecule has 33 heavy (non-hydrogen) atoms. The van der Waals surface area contributed by atoms with Crippen molar-refractivity contribution in [3.05, 3.63) is 0 Å². The molecule has 186 valence electrons. The highest BCUT2D eigenvalue weighted by Gasteiger charge is 2.38. The van der Waals surface area contributed by atoms with E-state index in [-0.39, 0.29) is 19.4 Å². The van der Waals surface area contributed by atoms with Gasteiger partial charge in [-0.1, -0.05) is 0 Å². The summed E-state index contributed by atoms with van der Waals surface area (Å²) in [6, 6.07) is -4.99. The molecule has 10 N–H and O–H groups in total. The lowest BCUT2D eigenvalue weighted by Gasteiger charge is -2.28. The topological polar surface area (TPSA) is 248 Å². The number of aliphatic carboxylic acids is 2. The first kappa shape index (κ1) is 27.8. The Balaban J connectivity index is 2.92. The second-order valence-electron chi connectivity index (χ2n) is 7.81. The van der Waals surface area contributed by atoms with E-state index in [1.165, 1.54) is 4.90 Å². The molecule has 0 aromatic heterocycles. The van der Waals surface area contributed by atoms with Crippen molar-refractivity contribution >= 4 is 35.6 Å². The minimum Gasteiger partial charge on any atom is -0.481 e. The number of carbonyl (C=O) groups is 6. The fraction of sp³-hybridized carbons (Fsp3) is 0.684. The molecule has 1 heterocycles. The summed E-state index contributed by atoms with van der Waals surface area (Å²) in [6.45, 7) is 0.564. The molecule has 1 saturated heterocycles. The third-order valence-corrected chi connectivity index (χ3v) is 5.15. The number of nitrogens with one attached hydrogen (secondary N) is 2. The molecule has 14 nitrogen and oxygen atoms in total. The average molecular weight is 472 g/mol. The second kappa shape index (κ2) is 13.3. The summed E-state index contributed by atoms with van der Waals surface area (Å²) in [5.41, 5.74) is 16.2. The van der Waals surface area contributed by atoms with Crippen molar-refractivity contribution < 1.29 is 39.0 Å². The summed E-state index contributed by atoms with van der Waals surface area (Å²) in [6.07, 6.45) is 0.665. The minimum atomic E-state index is -1.68. The fourth-order valence-electron chi connectivity index (χ4n) is 3.50. The summed E-state index contributed by atoms with van der Waals surface area (Å²) in [5.74, 6) is -5.85. The monoisotopic (exact) mass is 472 g/mol. The molecule has 0 aromatic rings. The molecule has 1 aliphatic heterocycles. The van der Waals surface area contributed by atoms with Crippen LogP contribution in [-0.2, 0) is 28.8 Å². The Morgan fingerprint density at radius 2 is 1.67 bits per heavy atom. The lowest BCUT2D eigenvalue weighted by molar-refractivity contribution is -0.147. The number of nitrogens with two attached hydrogens (primary N) is 3. The molecule has 0 radical (unpaired) electrons. The van der Waals surface area contributed by atoms with E-state index >= 15 is 0 Å². The lowest BCUT2D eigenvalue weighted by atomic mass is 10.1. The van der Waals surface area contributed by atoms with Gasteiger partial charge in [-0.25, -0.2) is 4.79 Å². The molecule has 0 saturated carbocycles. The highest BCUT2D eigenvalue weighted by atomic mass is 16.4. The lowest BCUT2D eigenvalue weighted by Crippen LogP contribution is -2.57. The number of carboxylic acid groups (broad SMARTS) is 2. The van der Waals surface area contributed by atoms with E-state index < -0.39 is 66.2 Å². The molecular weight excluding hydrogens is 440 g/mol. The smallest absolute Gasteiger partial charge is 0.326 e. The van der Waals surface area contributed by atoms with Crippen LogP contribution in [0.4, 0.5) is 0 Å². The van der Waals surface area contributed by atoms with Gasteiger partial charge in [-0.05, 0) is 38.6 Å². The van der Waals surface area contributed by atoms with Gasteiger partial charge in [-0.15, -0.1) is 0 Å². The summed E-state index contributed by atoms with van der Waals surface area (Å²) >= 11 is 0. The molecule has 0 spiro atoms. The SMILES string of the molecule is NCCCCC(NC(=O)C1CCCN1C(=O)C(N)CC(N)=O)C(=O)NC(CC(=O)O)C(=O)O. The van der Waals surface area contributed by atoms with Crippen molar-refractivity contribution in [3.8, 4) is 0 Å². The quantitative estimate of drug-likeness (QED) is 0.125. The Kier molecular flexibility index (Phi) is 11.2. The average Bonchev–Trinajstić information content (AvgIpc) is 3.20. The van der Waals surface area contributed by atoms with Crippen LogP contribution in [0.2, 0.25) is 0 Å². The van der Waals surface area contributed by atoms with E-state index in [2.05, 4.69) is 10.6 Å². The van der Waals surface area contributed by atoms with Crippen molar-refractivity contribution in [3.63, 3.8) is 0 Å². The predicted molar refractivity (Wildman–Crippen MR) is 113 cm³/mol. The third-order valence-electron chi connectivity index (χ3n) is 5.15. The van der Waals surface area contributed by atoms with Crippen molar-refractivity contribution in [1.29, 1.82) is 0 Å². The molecule has 4 amide bonds. The molecule has 0 bridgehead atoms. The van der Waals surface area contributed by atoms with Gasteiger partial charge in [0.2, 0.25) is 23.6 Å². The zero-order valence-corrected chi connectivity index (χ0v) is 18.2. The van der Waals surface area contributed by atoms with E-state index in [4.69, 9.17) is 27.4 Å². The van der Waals surface area contributed by atoms with Crippen molar-refractivity contribution in [1.82, 2.24) is 15.5 Å². The Hall–Kier alpha value is -3.26. The number of unbranched alkanes of at least 4 members (excludes halogenated alkanes) is 1. The van der Waals surface area contributed by atoms with Gasteiger partial charge in [0.1, 0.15) is 18.1 Å². The van der Waals surface area contributed by atoms with Gasteiger partial charge in [-0.3, -0.25) is 24.0 Å². The molecule has 14 heteroatoms. The van der Waals surface area contributed by atoms with Crippen LogP contribution < -0.4 is 27.8 Å². The molecule has 0 aromatic carbocycles. The van der Waals surface area contributed by atoms with Crippen LogP contribution >= 0.6 is 0 Å². The molecule has 1 aliphatic rings. The van der Waals surface area contributed by atoms with Gasteiger partial charge in [-0.2, -0.15) is 0 Å². The normalized spacial score (nSPS) is 18.1. The largest absolute Gasteiger partial charge is 0.481 e. The van der Waals surface area contributed by atoms with Crippen molar-refractivity contribution in [2.24, 2.45) is 17.2 Å². The summed E-state index contributed by atoms with van der Waals surface area (Å²) in [4.78, 5) is 72.5. The Morgan fingerprint density at radius 3 is 2.21 bits per heavy atom. The van der Waals surface area contributed by atoms with Crippen LogP contribution in [0.5, 0.6) is 0 Å². The van der Waals surface area contributed by atoms with Crippen LogP contribution in [0.1, 0.15) is 44.9 Å². The van der Waals surface area contributed by atoms with Gasteiger partial charge < -0.3 is 42.9 Å². The number of likely N-dealkylation sites (tertiary alicyclic amines) is 1. The van der Waals surface area contributed by atoms with E-state index in [1.54, 1.807) is 0 Å². The van der Waals surface area contributed by atoms with Gasteiger partial charge in [0.25, 0.3) is 0 Å². The minimum absolute atomic E-state index is 0.121. The van der Waals surface area contributed by atoms with Gasteiger partial charge in [0.15, 0.2) is 0 Å². The summed E-state index contributed by atoms with van der Waals surface area (Å²) in [7, 11) is 0. The second-order valence-corrected chi connectivity index (χ2v) is 7.81. The number of rotatable bonds is 14. The van der Waals surface area contributed by atoms with Crippen molar-refractivity contribution in [2.45, 2.75) is 69.1 Å². The first-order valence-electron chi connectivity index (χ1n) is 10.6. The first-order valence-corrected chi connectivity index (χ1v) is 10.6. The van der Waals surface area contributed by atoms with Crippen molar-refractivity contribution in [2.75, 3.05) is 13.1 Å². The number of primary amides is 1. The number of hydrogen-bond donors (Lipinski definition) is 7. The molecule has 4 atom stereocenters.